The fourth-order valence-corrected chi connectivity index (χ4v) is 2.47. The third-order valence-corrected chi connectivity index (χ3v) is 3.68. The maximum Gasteiger partial charge on any atom is 0.138 e. The van der Waals surface area contributed by atoms with Crippen LogP contribution in [-0.2, 0) is 6.54 Å². The fraction of sp³-hybridized carbons (Fsp3) is 0.200. The van der Waals surface area contributed by atoms with Crippen molar-refractivity contribution in [3.63, 3.8) is 0 Å². The molecule has 2 aromatic rings. The van der Waals surface area contributed by atoms with Crippen LogP contribution in [0.3, 0.4) is 0 Å². The summed E-state index contributed by atoms with van der Waals surface area (Å²) in [6.07, 6.45) is 0. The molecule has 0 aliphatic heterocycles. The van der Waals surface area contributed by atoms with Crippen molar-refractivity contribution in [2.24, 2.45) is 5.73 Å². The Balaban J connectivity index is 2.61. The summed E-state index contributed by atoms with van der Waals surface area (Å²) in [6, 6.07) is 9.64. The predicted molar refractivity (Wildman–Crippen MR) is 81.1 cm³/mol. The number of halogens is 2. The minimum atomic E-state index is 0.495. The number of benzene rings is 2. The first-order valence-electron chi connectivity index (χ1n) is 5.89. The number of nitrogens with two attached hydrogens (primary N) is 1. The SMILES string of the molecule is COc1cc(Cl)c(-c2cc(CN)ccc2C)cc1Cl. The van der Waals surface area contributed by atoms with E-state index >= 15 is 0 Å². The van der Waals surface area contributed by atoms with Gasteiger partial charge in [0.25, 0.3) is 0 Å². The Morgan fingerprint density at radius 2 is 1.79 bits per heavy atom. The van der Waals surface area contributed by atoms with E-state index in [9.17, 15) is 0 Å². The van der Waals surface area contributed by atoms with Crippen LogP contribution in [0.5, 0.6) is 5.75 Å². The first-order chi connectivity index (χ1) is 9.06. The summed E-state index contributed by atoms with van der Waals surface area (Å²) in [5.74, 6) is 0.572. The summed E-state index contributed by atoms with van der Waals surface area (Å²) >= 11 is 12.5. The number of rotatable bonds is 3. The minimum absolute atomic E-state index is 0.495. The number of methoxy groups -OCH3 is 1. The van der Waals surface area contributed by atoms with Crippen LogP contribution in [0.15, 0.2) is 30.3 Å². The lowest BCUT2D eigenvalue weighted by atomic mass is 9.98. The first kappa shape index (κ1) is 14.2. The lowest BCUT2D eigenvalue weighted by molar-refractivity contribution is 0.415. The normalized spacial score (nSPS) is 10.6. The number of hydrogen-bond acceptors (Lipinski definition) is 2. The molecule has 2 nitrogen and oxygen atoms in total. The Bertz CT molecular complexity index is 611. The second kappa shape index (κ2) is 5.83. The Labute approximate surface area is 123 Å². The Kier molecular flexibility index (Phi) is 4.35. The summed E-state index contributed by atoms with van der Waals surface area (Å²) in [7, 11) is 1.57. The molecule has 0 aliphatic rings. The van der Waals surface area contributed by atoms with E-state index < -0.39 is 0 Å². The molecule has 2 N–H and O–H groups in total. The number of aryl methyl sites for hydroxylation is 1. The van der Waals surface area contributed by atoms with Gasteiger partial charge in [0.05, 0.1) is 17.2 Å². The van der Waals surface area contributed by atoms with Crippen molar-refractivity contribution in [1.82, 2.24) is 0 Å². The van der Waals surface area contributed by atoms with E-state index in [-0.39, 0.29) is 0 Å². The van der Waals surface area contributed by atoms with Crippen LogP contribution in [0.2, 0.25) is 10.0 Å². The van der Waals surface area contributed by atoms with E-state index in [0.717, 1.165) is 22.3 Å². The molecule has 0 saturated carbocycles. The van der Waals surface area contributed by atoms with Crippen molar-refractivity contribution in [2.75, 3.05) is 7.11 Å². The van der Waals surface area contributed by atoms with Gasteiger partial charge >= 0.3 is 0 Å². The van der Waals surface area contributed by atoms with E-state index in [1.54, 1.807) is 13.2 Å². The number of hydrogen-bond donors (Lipinski definition) is 1. The topological polar surface area (TPSA) is 35.2 Å². The highest BCUT2D eigenvalue weighted by atomic mass is 35.5. The molecule has 2 aromatic carbocycles. The molecule has 0 bridgehead atoms. The maximum atomic E-state index is 6.31. The summed E-state index contributed by atoms with van der Waals surface area (Å²) in [6.45, 7) is 2.53. The molecule has 0 unspecified atom stereocenters. The second-order valence-corrected chi connectivity index (χ2v) is 5.13. The fourth-order valence-electron chi connectivity index (χ4n) is 1.98. The summed E-state index contributed by atoms with van der Waals surface area (Å²) in [4.78, 5) is 0. The van der Waals surface area contributed by atoms with Gasteiger partial charge in [0, 0.05) is 18.2 Å². The highest BCUT2D eigenvalue weighted by Gasteiger charge is 2.11. The standard InChI is InChI=1S/C15H15Cl2NO/c1-9-3-4-10(8-18)5-11(9)12-6-14(17)15(19-2)7-13(12)16/h3-7H,8,18H2,1-2H3. The van der Waals surface area contributed by atoms with E-state index in [0.29, 0.717) is 22.3 Å². The molecule has 0 heterocycles. The number of ether oxygens (including phenoxy) is 1. The lowest BCUT2D eigenvalue weighted by Crippen LogP contribution is -1.97. The molecular formula is C15H15Cl2NO. The molecule has 19 heavy (non-hydrogen) atoms. The Morgan fingerprint density at radius 1 is 1.05 bits per heavy atom. The van der Waals surface area contributed by atoms with Gasteiger partial charge in [0.15, 0.2) is 0 Å². The van der Waals surface area contributed by atoms with Crippen LogP contribution in [0.4, 0.5) is 0 Å². The molecule has 0 atom stereocenters. The lowest BCUT2D eigenvalue weighted by Gasteiger charge is -2.12. The van der Waals surface area contributed by atoms with Gasteiger partial charge in [-0.2, -0.15) is 0 Å². The van der Waals surface area contributed by atoms with Crippen LogP contribution in [0.25, 0.3) is 11.1 Å². The van der Waals surface area contributed by atoms with Gasteiger partial charge in [-0.3, -0.25) is 0 Å². The van der Waals surface area contributed by atoms with Gasteiger partial charge in [0.1, 0.15) is 5.75 Å². The third kappa shape index (κ3) is 2.86. The van der Waals surface area contributed by atoms with Gasteiger partial charge < -0.3 is 10.5 Å². The van der Waals surface area contributed by atoms with Crippen molar-refractivity contribution in [2.45, 2.75) is 13.5 Å². The molecule has 0 amide bonds. The van der Waals surface area contributed by atoms with E-state index in [2.05, 4.69) is 0 Å². The van der Waals surface area contributed by atoms with Crippen LogP contribution < -0.4 is 10.5 Å². The average Bonchev–Trinajstić information content (AvgIpc) is 2.41. The van der Waals surface area contributed by atoms with Gasteiger partial charge in [-0.05, 0) is 35.7 Å². The molecular weight excluding hydrogens is 281 g/mol. The van der Waals surface area contributed by atoms with Crippen molar-refractivity contribution >= 4 is 23.2 Å². The van der Waals surface area contributed by atoms with Gasteiger partial charge in [-0.15, -0.1) is 0 Å². The molecule has 0 spiro atoms. The molecule has 0 fully saturated rings. The van der Waals surface area contributed by atoms with E-state index in [1.807, 2.05) is 31.2 Å². The van der Waals surface area contributed by atoms with Crippen molar-refractivity contribution < 1.29 is 4.74 Å². The zero-order valence-corrected chi connectivity index (χ0v) is 12.3. The largest absolute Gasteiger partial charge is 0.495 e. The smallest absolute Gasteiger partial charge is 0.138 e. The summed E-state index contributed by atoms with van der Waals surface area (Å²) in [5, 5.41) is 1.15. The van der Waals surface area contributed by atoms with Crippen LogP contribution in [-0.4, -0.2) is 7.11 Å². The molecule has 0 aromatic heterocycles. The molecule has 100 valence electrons. The Morgan fingerprint density at radius 3 is 2.42 bits per heavy atom. The monoisotopic (exact) mass is 295 g/mol. The molecule has 2 rings (SSSR count). The van der Waals surface area contributed by atoms with Gasteiger partial charge in [-0.1, -0.05) is 35.3 Å². The molecule has 4 heteroatoms. The first-order valence-corrected chi connectivity index (χ1v) is 6.65. The molecule has 0 saturated heterocycles. The molecule has 0 aliphatic carbocycles. The minimum Gasteiger partial charge on any atom is -0.495 e. The zero-order valence-electron chi connectivity index (χ0n) is 10.8. The van der Waals surface area contributed by atoms with Crippen LogP contribution >= 0.6 is 23.2 Å². The van der Waals surface area contributed by atoms with Crippen molar-refractivity contribution in [1.29, 1.82) is 0 Å². The predicted octanol–water partition coefficient (Wildman–Crippen LogP) is 4.44. The summed E-state index contributed by atoms with van der Waals surface area (Å²) < 4.78 is 5.16. The van der Waals surface area contributed by atoms with Crippen molar-refractivity contribution in [3.05, 3.63) is 51.5 Å². The van der Waals surface area contributed by atoms with Gasteiger partial charge in [0.2, 0.25) is 0 Å². The van der Waals surface area contributed by atoms with Crippen LogP contribution in [0, 0.1) is 6.92 Å². The zero-order chi connectivity index (χ0) is 14.0. The van der Waals surface area contributed by atoms with Crippen LogP contribution in [0.1, 0.15) is 11.1 Å². The van der Waals surface area contributed by atoms with E-state index in [4.69, 9.17) is 33.7 Å². The highest BCUT2D eigenvalue weighted by molar-refractivity contribution is 6.36. The summed E-state index contributed by atoms with van der Waals surface area (Å²) in [5.41, 5.74) is 9.79. The Hall–Kier alpha value is -1.22. The highest BCUT2D eigenvalue weighted by Crippen LogP contribution is 2.38. The maximum absolute atomic E-state index is 6.31. The van der Waals surface area contributed by atoms with E-state index in [1.165, 1.54) is 0 Å². The second-order valence-electron chi connectivity index (χ2n) is 4.32. The van der Waals surface area contributed by atoms with Gasteiger partial charge in [-0.25, -0.2) is 0 Å². The quantitative estimate of drug-likeness (QED) is 0.909. The average molecular weight is 296 g/mol. The molecule has 0 radical (unpaired) electrons. The van der Waals surface area contributed by atoms with Crippen molar-refractivity contribution in [3.8, 4) is 16.9 Å². The third-order valence-electron chi connectivity index (χ3n) is 3.07.